The minimum atomic E-state index is -6.17. The van der Waals surface area contributed by atoms with Crippen LogP contribution in [0.5, 0.6) is 0 Å². The molecule has 0 heterocycles. The van der Waals surface area contributed by atoms with Gasteiger partial charge in [0, 0.05) is 0 Å². The summed E-state index contributed by atoms with van der Waals surface area (Å²) in [5.74, 6) is -16.0. The van der Waals surface area contributed by atoms with Crippen LogP contribution in [0.25, 0.3) is 0 Å². The summed E-state index contributed by atoms with van der Waals surface area (Å²) >= 11 is 0. The minimum absolute atomic E-state index is 0. The average Bonchev–Trinajstić information content (AvgIpc) is 2.58. The normalized spacial score (nSPS) is 16.3. The zero-order valence-electron chi connectivity index (χ0n) is 15.7. The van der Waals surface area contributed by atoms with Gasteiger partial charge in [0.25, 0.3) is 12.3 Å². The van der Waals surface area contributed by atoms with Crippen LogP contribution < -0.4 is 29.6 Å². The van der Waals surface area contributed by atoms with Crippen LogP contribution in [0.1, 0.15) is 6.42 Å². The van der Waals surface area contributed by atoms with Crippen molar-refractivity contribution < 1.29 is 114 Å². The number of esters is 2. The molecule has 3 unspecified atom stereocenters. The van der Waals surface area contributed by atoms with Gasteiger partial charge in [0.15, 0.2) is 18.5 Å². The van der Waals surface area contributed by atoms with Crippen LogP contribution in [0.15, 0.2) is 0 Å². The fraction of sp³-hybridized carbons (Fsp3) is 0.833. The smallest absolute Gasteiger partial charge is 0.747 e. The predicted octanol–water partition coefficient (Wildman–Crippen LogP) is -0.548. The largest absolute Gasteiger partial charge is 1.00 e. The third-order valence-corrected chi connectivity index (χ3v) is 4.17. The maximum atomic E-state index is 13.0. The second-order valence-corrected chi connectivity index (χ2v) is 7.34. The quantitative estimate of drug-likeness (QED) is 0.156. The molecule has 0 aromatic heterocycles. The maximum absolute atomic E-state index is 13.0. The van der Waals surface area contributed by atoms with E-state index in [1.165, 1.54) is 0 Å². The van der Waals surface area contributed by atoms with Gasteiger partial charge in [0.2, 0.25) is 0 Å². The zero-order valence-corrected chi connectivity index (χ0v) is 18.5. The summed E-state index contributed by atoms with van der Waals surface area (Å²) in [7, 11) is -6.10. The molecular weight excluding hydrogens is 539 g/mol. The van der Waals surface area contributed by atoms with Crippen LogP contribution in [0.3, 0.4) is 0 Å². The van der Waals surface area contributed by atoms with Crippen molar-refractivity contribution in [3.63, 3.8) is 0 Å². The second kappa shape index (κ2) is 11.6. The summed E-state index contributed by atoms with van der Waals surface area (Å²) in [5.41, 5.74) is 0. The number of alkyl halides is 12. The molecule has 0 bridgehead atoms. The van der Waals surface area contributed by atoms with Gasteiger partial charge in [-0.25, -0.2) is 17.2 Å². The number of ether oxygens (including phenoxy) is 2. The van der Waals surface area contributed by atoms with Crippen molar-refractivity contribution in [2.75, 3.05) is 13.2 Å². The van der Waals surface area contributed by atoms with E-state index in [0.29, 0.717) is 0 Å². The van der Waals surface area contributed by atoms with Crippen molar-refractivity contribution in [2.24, 2.45) is 0 Å². The third-order valence-electron chi connectivity index (χ3n) is 3.11. The van der Waals surface area contributed by atoms with Crippen LogP contribution in [0.2, 0.25) is 0 Å². The first-order valence-electron chi connectivity index (χ1n) is 7.37. The number of halogens is 12. The van der Waals surface area contributed by atoms with Crippen LogP contribution >= 0.6 is 0 Å². The Morgan fingerprint density at radius 1 is 0.758 bits per heavy atom. The second-order valence-electron chi connectivity index (χ2n) is 5.78. The summed E-state index contributed by atoms with van der Waals surface area (Å²) in [6.07, 6.45) is -24.2. The number of hydrogen-bond donors (Lipinski definition) is 0. The monoisotopic (exact) mass is 548 g/mol. The van der Waals surface area contributed by atoms with Gasteiger partial charge in [-0.1, -0.05) is 0 Å². The molecule has 33 heavy (non-hydrogen) atoms. The van der Waals surface area contributed by atoms with Crippen molar-refractivity contribution in [3.8, 4) is 0 Å². The van der Waals surface area contributed by atoms with E-state index >= 15 is 0 Å². The van der Waals surface area contributed by atoms with E-state index in [0.717, 1.165) is 0 Å². The molecule has 0 spiro atoms. The van der Waals surface area contributed by atoms with Crippen LogP contribution in [0.4, 0.5) is 52.7 Å². The van der Waals surface area contributed by atoms with Gasteiger partial charge >= 0.3 is 65.7 Å². The van der Waals surface area contributed by atoms with Gasteiger partial charge in [-0.15, -0.1) is 0 Å². The summed E-state index contributed by atoms with van der Waals surface area (Å²) in [5, 5.41) is -3.42. The number of rotatable bonds is 10. The molecule has 3 atom stereocenters. The SMILES string of the molecule is O=C(CC(C(=O)OCC(F)(F)C(F)C(F)(F)F)S(=O)(=O)[O-])OCC(F)(F)C(F)C(F)(F)F.[Na+]. The van der Waals surface area contributed by atoms with Crippen molar-refractivity contribution >= 4 is 22.1 Å². The summed E-state index contributed by atoms with van der Waals surface area (Å²) in [6, 6.07) is 0. The standard InChI is InChI=1S/C12H10F12O7S.Na/c13-7(11(19,20)21)9(15,16)2-30-5(25)1-4(32(27,28)29)6(26)31-3-10(17,18)8(14)12(22,23)24;/h4,7-8H,1-3H2,(H,27,28,29);/q;+1/p-1. The van der Waals surface area contributed by atoms with Crippen LogP contribution in [0, 0.1) is 0 Å². The molecule has 0 aliphatic rings. The van der Waals surface area contributed by atoms with E-state index in [2.05, 4.69) is 9.47 Å². The van der Waals surface area contributed by atoms with E-state index in [1.807, 2.05) is 0 Å². The van der Waals surface area contributed by atoms with E-state index < -0.39 is 83.5 Å². The number of hydrogen-bond acceptors (Lipinski definition) is 7. The Balaban J connectivity index is 0. The molecule has 0 aliphatic heterocycles. The molecule has 0 aliphatic carbocycles. The van der Waals surface area contributed by atoms with Gasteiger partial charge in [-0.05, 0) is 0 Å². The van der Waals surface area contributed by atoms with Crippen molar-refractivity contribution in [1.82, 2.24) is 0 Å². The number of carbonyl (C=O) groups is 2. The van der Waals surface area contributed by atoms with E-state index in [4.69, 9.17) is 0 Å². The third kappa shape index (κ3) is 10.9. The molecule has 0 aromatic rings. The minimum Gasteiger partial charge on any atom is -0.747 e. The van der Waals surface area contributed by atoms with Gasteiger partial charge in [0.05, 0.1) is 6.42 Å². The van der Waals surface area contributed by atoms with Gasteiger partial charge in [-0.3, -0.25) is 9.59 Å². The van der Waals surface area contributed by atoms with Crippen molar-refractivity contribution in [3.05, 3.63) is 0 Å². The zero-order chi connectivity index (χ0) is 25.9. The molecule has 0 rings (SSSR count). The van der Waals surface area contributed by atoms with Crippen molar-refractivity contribution in [2.45, 2.75) is 48.2 Å². The fourth-order valence-corrected chi connectivity index (χ4v) is 2.22. The van der Waals surface area contributed by atoms with Gasteiger partial charge < -0.3 is 14.0 Å². The first kappa shape index (κ1) is 34.2. The molecule has 0 aromatic carbocycles. The molecule has 190 valence electrons. The summed E-state index contributed by atoms with van der Waals surface area (Å²) in [4.78, 5) is 22.6. The van der Waals surface area contributed by atoms with Crippen LogP contribution in [-0.4, -0.2) is 79.9 Å². The molecule has 0 saturated carbocycles. The molecule has 21 heteroatoms. The topological polar surface area (TPSA) is 110 Å². The van der Waals surface area contributed by atoms with Gasteiger partial charge in [0.1, 0.15) is 10.1 Å². The molecule has 0 amide bonds. The van der Waals surface area contributed by atoms with Crippen LogP contribution in [-0.2, 0) is 29.2 Å². The Kier molecular flexibility index (Phi) is 12.0. The Hall–Kier alpha value is -0.990. The van der Waals surface area contributed by atoms with E-state index in [1.54, 1.807) is 0 Å². The molecule has 0 saturated heterocycles. The first-order chi connectivity index (χ1) is 13.9. The molecular formula is C12H9F12NaO7S. The maximum Gasteiger partial charge on any atom is 1.00 e. The number of carbonyl (C=O) groups excluding carboxylic acids is 2. The van der Waals surface area contributed by atoms with E-state index in [9.17, 15) is 75.2 Å². The Labute approximate surface area is 197 Å². The summed E-state index contributed by atoms with van der Waals surface area (Å²) < 4.78 is 188. The summed E-state index contributed by atoms with van der Waals surface area (Å²) in [6.45, 7) is -5.47. The Morgan fingerprint density at radius 3 is 1.39 bits per heavy atom. The molecule has 0 radical (unpaired) electrons. The fourth-order valence-electron chi connectivity index (χ4n) is 1.58. The van der Waals surface area contributed by atoms with E-state index in [-0.39, 0.29) is 29.6 Å². The van der Waals surface area contributed by atoms with Gasteiger partial charge in [-0.2, -0.15) is 43.9 Å². The first-order valence-corrected chi connectivity index (χ1v) is 8.84. The molecule has 7 nitrogen and oxygen atoms in total. The predicted molar refractivity (Wildman–Crippen MR) is 71.8 cm³/mol. The Morgan fingerprint density at radius 2 is 1.09 bits per heavy atom. The molecule has 0 N–H and O–H groups in total. The van der Waals surface area contributed by atoms with Crippen molar-refractivity contribution in [1.29, 1.82) is 0 Å². The molecule has 0 fully saturated rings. The Bertz CT molecular complexity index is 783. The average molecular weight is 548 g/mol.